The van der Waals surface area contributed by atoms with E-state index in [-0.39, 0.29) is 0 Å². The van der Waals surface area contributed by atoms with Gasteiger partial charge in [0.25, 0.3) is 0 Å². The maximum absolute atomic E-state index is 9.58. The lowest BCUT2D eigenvalue weighted by molar-refractivity contribution is 0.204. The number of nitriles is 2. The van der Waals surface area contributed by atoms with Crippen LogP contribution in [0.2, 0.25) is 0 Å². The Balaban J connectivity index is 1.56. The molecule has 0 N–H and O–H groups in total. The van der Waals surface area contributed by atoms with E-state index in [0.717, 1.165) is 11.1 Å². The van der Waals surface area contributed by atoms with Crippen LogP contribution in [-0.2, 0) is 9.47 Å². The van der Waals surface area contributed by atoms with Crippen molar-refractivity contribution in [2.45, 2.75) is 38.5 Å². The van der Waals surface area contributed by atoms with Crippen molar-refractivity contribution in [2.24, 2.45) is 5.41 Å². The molecule has 0 radical (unpaired) electrons. The van der Waals surface area contributed by atoms with Gasteiger partial charge in [0.1, 0.15) is 31.8 Å². The highest BCUT2D eigenvalue weighted by Crippen LogP contribution is 2.29. The van der Waals surface area contributed by atoms with E-state index in [9.17, 15) is 10.5 Å². The quantitative estimate of drug-likeness (QED) is 0.328. The maximum atomic E-state index is 9.58. The molecule has 184 valence electrons. The van der Waals surface area contributed by atoms with Gasteiger partial charge in [0.2, 0.25) is 0 Å². The third kappa shape index (κ3) is 13.3. The SMILES string of the molecule is N#CC(C#N)(CCCC#CCOCC#Cc1ccccc1)CCCC#CCOCC#Cc1ccccc1. The number of ether oxygens (including phenoxy) is 2. The molecule has 0 amide bonds. The average Bonchev–Trinajstić information content (AvgIpc) is 2.95. The monoisotopic (exact) mass is 486 g/mol. The van der Waals surface area contributed by atoms with E-state index in [1.165, 1.54) is 0 Å². The molecule has 4 nitrogen and oxygen atoms in total. The molecular formula is C33H30N2O2. The predicted molar refractivity (Wildman–Crippen MR) is 145 cm³/mol. The van der Waals surface area contributed by atoms with Crippen molar-refractivity contribution in [3.05, 3.63) is 71.8 Å². The van der Waals surface area contributed by atoms with Crippen molar-refractivity contribution in [1.82, 2.24) is 0 Å². The molecule has 0 saturated heterocycles. The second-order valence-electron chi connectivity index (χ2n) is 8.04. The van der Waals surface area contributed by atoms with Crippen molar-refractivity contribution in [2.75, 3.05) is 26.4 Å². The van der Waals surface area contributed by atoms with Crippen LogP contribution in [0, 0.1) is 75.4 Å². The van der Waals surface area contributed by atoms with Gasteiger partial charge in [0.05, 0.1) is 12.1 Å². The van der Waals surface area contributed by atoms with Gasteiger partial charge in [-0.05, 0) is 49.9 Å². The smallest absolute Gasteiger partial charge is 0.143 e. The minimum Gasteiger partial charge on any atom is -0.356 e. The first-order valence-electron chi connectivity index (χ1n) is 12.3. The Bertz CT molecular complexity index is 1170. The van der Waals surface area contributed by atoms with Gasteiger partial charge in [-0.2, -0.15) is 10.5 Å². The van der Waals surface area contributed by atoms with Gasteiger partial charge in [-0.3, -0.25) is 0 Å². The second-order valence-corrected chi connectivity index (χ2v) is 8.04. The molecule has 2 aromatic rings. The summed E-state index contributed by atoms with van der Waals surface area (Å²) in [6, 6.07) is 23.9. The highest BCUT2D eigenvalue weighted by atomic mass is 16.5. The Morgan fingerprint density at radius 3 is 1.35 bits per heavy atom. The number of rotatable bonds is 10. The molecule has 0 aromatic heterocycles. The molecule has 4 heteroatoms. The lowest BCUT2D eigenvalue weighted by Crippen LogP contribution is -2.16. The van der Waals surface area contributed by atoms with Crippen LogP contribution in [0.5, 0.6) is 0 Å². The Morgan fingerprint density at radius 1 is 0.541 bits per heavy atom. The van der Waals surface area contributed by atoms with Gasteiger partial charge in [-0.15, -0.1) is 11.8 Å². The first kappa shape index (κ1) is 28.8. The number of unbranched alkanes of at least 4 members (excludes halogenated alkanes) is 2. The van der Waals surface area contributed by atoms with Crippen LogP contribution < -0.4 is 0 Å². The highest BCUT2D eigenvalue weighted by Gasteiger charge is 2.28. The lowest BCUT2D eigenvalue weighted by atomic mass is 9.81. The Morgan fingerprint density at radius 2 is 0.946 bits per heavy atom. The predicted octanol–water partition coefficient (Wildman–Crippen LogP) is 5.50. The largest absolute Gasteiger partial charge is 0.356 e. The van der Waals surface area contributed by atoms with Crippen LogP contribution in [0.4, 0.5) is 0 Å². The third-order valence-corrected chi connectivity index (χ3v) is 5.20. The molecule has 0 fully saturated rings. The average molecular weight is 487 g/mol. The molecule has 0 saturated carbocycles. The summed E-state index contributed by atoms with van der Waals surface area (Å²) < 4.78 is 10.8. The van der Waals surface area contributed by atoms with Crippen molar-refractivity contribution in [1.29, 1.82) is 10.5 Å². The Labute approximate surface area is 221 Å². The van der Waals surface area contributed by atoms with Crippen molar-refractivity contribution < 1.29 is 9.47 Å². The number of benzene rings is 2. The fraction of sp³-hybridized carbons (Fsp3) is 0.333. The van der Waals surface area contributed by atoms with Gasteiger partial charge in [0.15, 0.2) is 0 Å². The van der Waals surface area contributed by atoms with Crippen molar-refractivity contribution in [3.8, 4) is 59.5 Å². The number of nitrogens with zero attached hydrogens (tertiary/aromatic N) is 2. The maximum Gasteiger partial charge on any atom is 0.143 e. The summed E-state index contributed by atoms with van der Waals surface area (Å²) >= 11 is 0. The molecule has 0 unspecified atom stereocenters. The van der Waals surface area contributed by atoms with E-state index in [0.29, 0.717) is 65.0 Å². The first-order chi connectivity index (χ1) is 18.3. The number of hydrogen-bond donors (Lipinski definition) is 0. The fourth-order valence-corrected chi connectivity index (χ4v) is 3.24. The van der Waals surface area contributed by atoms with Crippen molar-refractivity contribution in [3.63, 3.8) is 0 Å². The van der Waals surface area contributed by atoms with Crippen LogP contribution in [0.3, 0.4) is 0 Å². The minimum absolute atomic E-state index is 0.313. The molecule has 2 rings (SSSR count). The summed E-state index contributed by atoms with van der Waals surface area (Å²) in [4.78, 5) is 0. The van der Waals surface area contributed by atoms with E-state index in [1.807, 2.05) is 60.7 Å². The van der Waals surface area contributed by atoms with Gasteiger partial charge in [0, 0.05) is 24.0 Å². The Kier molecular flexibility index (Phi) is 14.7. The number of hydrogen-bond acceptors (Lipinski definition) is 4. The van der Waals surface area contributed by atoms with Gasteiger partial charge in [-0.1, -0.05) is 71.9 Å². The van der Waals surface area contributed by atoms with Gasteiger partial charge >= 0.3 is 0 Å². The van der Waals surface area contributed by atoms with Crippen LogP contribution in [0.15, 0.2) is 60.7 Å². The molecule has 0 heterocycles. The van der Waals surface area contributed by atoms with Crippen LogP contribution in [-0.4, -0.2) is 26.4 Å². The van der Waals surface area contributed by atoms with Gasteiger partial charge in [-0.25, -0.2) is 0 Å². The summed E-state index contributed by atoms with van der Waals surface area (Å²) in [5, 5.41) is 19.2. The summed E-state index contributed by atoms with van der Waals surface area (Å²) in [6.45, 7) is 1.28. The zero-order valence-electron chi connectivity index (χ0n) is 21.1. The Hall–Kier alpha value is -4.42. The normalized spacial score (nSPS) is 9.46. The first-order valence-corrected chi connectivity index (χ1v) is 12.3. The summed E-state index contributed by atoms with van der Waals surface area (Å²) in [6.07, 6.45) is 3.60. The molecule has 37 heavy (non-hydrogen) atoms. The highest BCUT2D eigenvalue weighted by molar-refractivity contribution is 5.34. The van der Waals surface area contributed by atoms with Crippen LogP contribution >= 0.6 is 0 Å². The summed E-state index contributed by atoms with van der Waals surface area (Å²) in [5.41, 5.74) is 0.922. The van der Waals surface area contributed by atoms with Crippen LogP contribution in [0.25, 0.3) is 0 Å². The van der Waals surface area contributed by atoms with Crippen molar-refractivity contribution >= 4 is 0 Å². The minimum atomic E-state index is -0.990. The standard InChI is InChI=1S/C33H30N2O2/c34-29-33(30-35,23-11-1-3-13-25-36-27-15-21-31-17-7-5-8-18-31)24-12-2-4-14-26-37-28-16-22-32-19-9-6-10-20-32/h5-10,17-20H,1-2,11-12,23-28H2. The molecule has 2 aromatic carbocycles. The van der Waals surface area contributed by atoms with E-state index < -0.39 is 5.41 Å². The van der Waals surface area contributed by atoms with E-state index in [2.05, 4.69) is 59.5 Å². The summed E-state index contributed by atoms with van der Waals surface area (Å²) in [5.74, 6) is 23.9. The van der Waals surface area contributed by atoms with Gasteiger partial charge < -0.3 is 9.47 Å². The fourth-order valence-electron chi connectivity index (χ4n) is 3.24. The van der Waals surface area contributed by atoms with E-state index in [4.69, 9.17) is 9.47 Å². The second kappa shape index (κ2) is 18.9. The molecule has 0 bridgehead atoms. The molecule has 0 atom stereocenters. The third-order valence-electron chi connectivity index (χ3n) is 5.20. The zero-order chi connectivity index (χ0) is 26.3. The van der Waals surface area contributed by atoms with Crippen LogP contribution in [0.1, 0.15) is 49.7 Å². The summed E-state index contributed by atoms with van der Waals surface area (Å²) in [7, 11) is 0. The topological polar surface area (TPSA) is 66.0 Å². The molecular weight excluding hydrogens is 456 g/mol. The van der Waals surface area contributed by atoms with E-state index in [1.54, 1.807) is 0 Å². The molecule has 0 aliphatic carbocycles. The molecule has 0 aliphatic heterocycles. The molecule has 0 aliphatic rings. The molecule has 0 spiro atoms. The lowest BCUT2D eigenvalue weighted by Gasteiger charge is -2.16. The zero-order valence-corrected chi connectivity index (χ0v) is 21.1. The van der Waals surface area contributed by atoms with E-state index >= 15 is 0 Å².